The molecule has 70 valence electrons. The van der Waals surface area contributed by atoms with Gasteiger partial charge in [-0.2, -0.15) is 5.10 Å². The van der Waals surface area contributed by atoms with Gasteiger partial charge in [-0.25, -0.2) is 0 Å². The predicted octanol–water partition coefficient (Wildman–Crippen LogP) is 1.21. The van der Waals surface area contributed by atoms with Gasteiger partial charge in [-0.1, -0.05) is 43.0 Å². The van der Waals surface area contributed by atoms with Crippen molar-refractivity contribution in [2.24, 2.45) is 0 Å². The molecule has 0 unspecified atom stereocenters. The Balaban J connectivity index is 2.61. The lowest BCUT2D eigenvalue weighted by Crippen LogP contribution is -2.19. The van der Waals surface area contributed by atoms with Crippen LogP contribution in [0, 0.1) is 6.92 Å². The molecule has 0 spiro atoms. The fourth-order valence-corrected chi connectivity index (χ4v) is 1.35. The van der Waals surface area contributed by atoms with Crippen LogP contribution in [0.15, 0.2) is 24.3 Å². The number of nitrogens with one attached hydrogen (secondary N) is 1. The van der Waals surface area contributed by atoms with Crippen molar-refractivity contribution >= 4 is 13.2 Å². The summed E-state index contributed by atoms with van der Waals surface area (Å²) in [6.45, 7) is 9.79. The lowest BCUT2D eigenvalue weighted by Gasteiger charge is -1.96. The van der Waals surface area contributed by atoms with Crippen LogP contribution in [0.5, 0.6) is 0 Å². The fraction of sp³-hybridized carbons (Fsp3) is 0.0833. The topological polar surface area (TPSA) is 28.7 Å². The second kappa shape index (κ2) is 3.14. The zero-order valence-corrected chi connectivity index (χ0v) is 8.17. The van der Waals surface area contributed by atoms with Crippen LogP contribution in [0.25, 0.3) is 24.4 Å². The minimum Gasteiger partial charge on any atom is -0.278 e. The van der Waals surface area contributed by atoms with Gasteiger partial charge in [0, 0.05) is 10.8 Å². The zero-order chi connectivity index (χ0) is 10.1. The van der Waals surface area contributed by atoms with E-state index >= 15 is 0 Å². The number of rotatable bonds is 1. The van der Waals surface area contributed by atoms with E-state index in [1.807, 2.05) is 12.1 Å². The number of nitrogens with zero attached hydrogens (tertiary/aromatic N) is 1. The standard InChI is InChI=1S/C12H12N2/c1-8-4-6-11(7-5-8)12-9(2)10(3)13-14-12/h4-7,13H,2-3H2,1H3. The van der Waals surface area contributed by atoms with E-state index in [1.54, 1.807) is 0 Å². The van der Waals surface area contributed by atoms with Gasteiger partial charge in [0.2, 0.25) is 0 Å². The highest BCUT2D eigenvalue weighted by atomic mass is 15.1. The second-order valence-corrected chi connectivity index (χ2v) is 3.40. The molecule has 0 aliphatic rings. The predicted molar refractivity (Wildman–Crippen MR) is 59.1 cm³/mol. The van der Waals surface area contributed by atoms with Crippen LogP contribution in [0.1, 0.15) is 5.56 Å². The molecule has 0 saturated heterocycles. The van der Waals surface area contributed by atoms with Crippen LogP contribution in [-0.4, -0.2) is 10.2 Å². The Bertz CT molecular complexity index is 535. The Morgan fingerprint density at radius 2 is 1.79 bits per heavy atom. The molecule has 0 radical (unpaired) electrons. The number of H-pyrrole nitrogens is 1. The van der Waals surface area contributed by atoms with Gasteiger partial charge in [0.1, 0.15) is 0 Å². The Morgan fingerprint density at radius 3 is 2.29 bits per heavy atom. The van der Waals surface area contributed by atoms with Gasteiger partial charge in [0.25, 0.3) is 0 Å². The highest BCUT2D eigenvalue weighted by Gasteiger charge is 2.01. The molecular formula is C12H12N2. The maximum Gasteiger partial charge on any atom is 0.0993 e. The quantitative estimate of drug-likeness (QED) is 0.709. The van der Waals surface area contributed by atoms with Gasteiger partial charge in [-0.15, -0.1) is 0 Å². The molecule has 14 heavy (non-hydrogen) atoms. The number of aromatic nitrogens is 2. The van der Waals surface area contributed by atoms with Crippen molar-refractivity contribution in [1.82, 2.24) is 10.2 Å². The average molecular weight is 184 g/mol. The highest BCUT2D eigenvalue weighted by Crippen LogP contribution is 2.11. The van der Waals surface area contributed by atoms with Gasteiger partial charge < -0.3 is 0 Å². The SMILES string of the molecule is C=c1[nH]nc(-c2ccc(C)cc2)c1=C. The van der Waals surface area contributed by atoms with Crippen molar-refractivity contribution in [2.75, 3.05) is 0 Å². The summed E-state index contributed by atoms with van der Waals surface area (Å²) in [4.78, 5) is 0. The summed E-state index contributed by atoms with van der Waals surface area (Å²) in [5.41, 5.74) is 3.20. The fourth-order valence-electron chi connectivity index (χ4n) is 1.35. The molecule has 1 aromatic carbocycles. The molecule has 1 heterocycles. The molecule has 0 saturated carbocycles. The van der Waals surface area contributed by atoms with Gasteiger partial charge >= 0.3 is 0 Å². The van der Waals surface area contributed by atoms with Crippen LogP contribution >= 0.6 is 0 Å². The van der Waals surface area contributed by atoms with E-state index < -0.39 is 0 Å². The smallest absolute Gasteiger partial charge is 0.0993 e. The summed E-state index contributed by atoms with van der Waals surface area (Å²) in [6, 6.07) is 8.21. The Morgan fingerprint density at radius 1 is 1.14 bits per heavy atom. The van der Waals surface area contributed by atoms with Crippen molar-refractivity contribution in [3.05, 3.63) is 40.4 Å². The first kappa shape index (κ1) is 8.75. The van der Waals surface area contributed by atoms with E-state index in [-0.39, 0.29) is 0 Å². The summed E-state index contributed by atoms with van der Waals surface area (Å²) in [5.74, 6) is 0. The van der Waals surface area contributed by atoms with E-state index in [2.05, 4.69) is 42.4 Å². The molecule has 0 aliphatic heterocycles. The van der Waals surface area contributed by atoms with Crippen LogP contribution in [0.3, 0.4) is 0 Å². The monoisotopic (exact) mass is 184 g/mol. The van der Waals surface area contributed by atoms with E-state index in [4.69, 9.17) is 0 Å². The van der Waals surface area contributed by atoms with Gasteiger partial charge in [0.05, 0.1) is 11.0 Å². The van der Waals surface area contributed by atoms with Crippen molar-refractivity contribution < 1.29 is 0 Å². The lowest BCUT2D eigenvalue weighted by atomic mass is 10.1. The minimum atomic E-state index is 0.778. The van der Waals surface area contributed by atoms with Crippen molar-refractivity contribution in [3.63, 3.8) is 0 Å². The summed E-state index contributed by atoms with van der Waals surface area (Å²) in [5, 5.41) is 8.64. The maximum atomic E-state index is 4.17. The molecule has 0 aliphatic carbocycles. The number of benzene rings is 1. The number of aromatic amines is 1. The first-order chi connectivity index (χ1) is 6.68. The van der Waals surface area contributed by atoms with Crippen molar-refractivity contribution in [2.45, 2.75) is 6.92 Å². The molecular weight excluding hydrogens is 172 g/mol. The zero-order valence-electron chi connectivity index (χ0n) is 8.17. The third-order valence-electron chi connectivity index (χ3n) is 2.28. The molecule has 2 heteroatoms. The Kier molecular flexibility index (Phi) is 1.97. The molecule has 1 N–H and O–H groups in total. The van der Waals surface area contributed by atoms with E-state index in [0.29, 0.717) is 0 Å². The number of hydrogen-bond donors (Lipinski definition) is 1. The molecule has 0 atom stereocenters. The van der Waals surface area contributed by atoms with Gasteiger partial charge in [0.15, 0.2) is 0 Å². The van der Waals surface area contributed by atoms with Crippen molar-refractivity contribution in [1.29, 1.82) is 0 Å². The molecule has 2 nitrogen and oxygen atoms in total. The van der Waals surface area contributed by atoms with Crippen LogP contribution in [-0.2, 0) is 0 Å². The molecule has 0 amide bonds. The summed E-state index contributed by atoms with van der Waals surface area (Å²) >= 11 is 0. The van der Waals surface area contributed by atoms with E-state index in [9.17, 15) is 0 Å². The average Bonchev–Trinajstić information content (AvgIpc) is 2.50. The highest BCUT2D eigenvalue weighted by molar-refractivity contribution is 5.60. The molecule has 0 fully saturated rings. The van der Waals surface area contributed by atoms with E-state index in [1.165, 1.54) is 5.56 Å². The Labute approximate surface area is 82.6 Å². The van der Waals surface area contributed by atoms with Crippen LogP contribution in [0.2, 0.25) is 0 Å². The van der Waals surface area contributed by atoms with Gasteiger partial charge in [-0.3, -0.25) is 5.10 Å². The molecule has 2 rings (SSSR count). The minimum absolute atomic E-state index is 0.778. The lowest BCUT2D eigenvalue weighted by molar-refractivity contribution is 1.07. The summed E-state index contributed by atoms with van der Waals surface area (Å²) in [6.07, 6.45) is 0. The van der Waals surface area contributed by atoms with Crippen LogP contribution < -0.4 is 10.6 Å². The molecule has 2 aromatic rings. The molecule has 0 bridgehead atoms. The normalized spacial score (nSPS) is 10.4. The van der Waals surface area contributed by atoms with Gasteiger partial charge in [-0.05, 0) is 6.92 Å². The molecule has 1 aromatic heterocycles. The number of aryl methyl sites for hydroxylation is 1. The largest absolute Gasteiger partial charge is 0.278 e. The summed E-state index contributed by atoms with van der Waals surface area (Å²) < 4.78 is 0. The second-order valence-electron chi connectivity index (χ2n) is 3.40. The Hall–Kier alpha value is -1.83. The first-order valence-electron chi connectivity index (χ1n) is 4.48. The van der Waals surface area contributed by atoms with Crippen molar-refractivity contribution in [3.8, 4) is 11.3 Å². The third-order valence-corrected chi connectivity index (χ3v) is 2.28. The number of hydrogen-bond acceptors (Lipinski definition) is 1. The summed E-state index contributed by atoms with van der Waals surface area (Å²) in [7, 11) is 0. The van der Waals surface area contributed by atoms with E-state index in [0.717, 1.165) is 21.8 Å². The maximum absolute atomic E-state index is 4.17. The third kappa shape index (κ3) is 1.35. The first-order valence-corrected chi connectivity index (χ1v) is 4.48. The van der Waals surface area contributed by atoms with Crippen LogP contribution in [0.4, 0.5) is 0 Å².